The van der Waals surface area contributed by atoms with Crippen molar-refractivity contribution < 1.29 is 19.4 Å². The van der Waals surface area contributed by atoms with Gasteiger partial charge in [-0.2, -0.15) is 0 Å². The lowest BCUT2D eigenvalue weighted by atomic mass is 9.84. The molecule has 0 radical (unpaired) electrons. The highest BCUT2D eigenvalue weighted by molar-refractivity contribution is 5.80. The van der Waals surface area contributed by atoms with Gasteiger partial charge in [-0.1, -0.05) is 59.8 Å². The number of nitrogens with zero attached hydrogens (tertiary/aromatic N) is 4. The first-order valence-electron chi connectivity index (χ1n) is 14.9. The number of aryl methyl sites for hydroxylation is 2. The Bertz CT molecular complexity index is 1450. The van der Waals surface area contributed by atoms with E-state index < -0.39 is 6.10 Å². The molecule has 1 heterocycles. The van der Waals surface area contributed by atoms with Crippen LogP contribution in [0, 0.1) is 13.8 Å². The van der Waals surface area contributed by atoms with Gasteiger partial charge in [0, 0.05) is 25.6 Å². The molecule has 0 saturated heterocycles. The van der Waals surface area contributed by atoms with Crippen molar-refractivity contribution in [3.05, 3.63) is 94.0 Å². The summed E-state index contributed by atoms with van der Waals surface area (Å²) >= 11 is 0. The van der Waals surface area contributed by atoms with Gasteiger partial charge < -0.3 is 19.5 Å². The zero-order chi connectivity index (χ0) is 30.1. The van der Waals surface area contributed by atoms with Crippen LogP contribution >= 0.6 is 0 Å². The number of hydrogen-bond acceptors (Lipinski definition) is 7. The van der Waals surface area contributed by atoms with E-state index in [1.807, 2.05) is 61.9 Å². The number of carbonyl (C=O) groups excluding carboxylic acids is 1. The third-order valence-corrected chi connectivity index (χ3v) is 7.82. The maximum Gasteiger partial charge on any atom is 0.306 e. The number of carbonyl (C=O) groups is 1. The molecular formula is C34H44N4O4. The van der Waals surface area contributed by atoms with Crippen LogP contribution in [0.25, 0.3) is 11.0 Å². The van der Waals surface area contributed by atoms with Crippen LogP contribution in [0.15, 0.2) is 60.7 Å². The molecule has 3 aromatic carbocycles. The second kappa shape index (κ2) is 15.0. The molecule has 2 atom stereocenters. The van der Waals surface area contributed by atoms with Gasteiger partial charge in [-0.3, -0.25) is 4.79 Å². The molecule has 1 aromatic heterocycles. The SMILES string of the molecule is CCOC(=O)CC(c1ccc(C)c([C@H](C)O)c1)c1ccc2c(nnn2CCN(C)CCCOCc2ccccc2)c1C. The van der Waals surface area contributed by atoms with Gasteiger partial charge in [-0.15, -0.1) is 5.10 Å². The molecule has 8 heteroatoms. The van der Waals surface area contributed by atoms with Gasteiger partial charge >= 0.3 is 5.97 Å². The minimum Gasteiger partial charge on any atom is -0.466 e. The number of aliphatic hydroxyl groups excluding tert-OH is 1. The quantitative estimate of drug-likeness (QED) is 0.144. The number of esters is 1. The first kappa shape index (κ1) is 31.3. The summed E-state index contributed by atoms with van der Waals surface area (Å²) in [5.41, 5.74) is 7.85. The van der Waals surface area contributed by atoms with E-state index in [0.29, 0.717) is 13.2 Å². The van der Waals surface area contributed by atoms with E-state index in [0.717, 1.165) is 71.5 Å². The van der Waals surface area contributed by atoms with E-state index in [1.165, 1.54) is 5.56 Å². The van der Waals surface area contributed by atoms with Crippen molar-refractivity contribution in [3.63, 3.8) is 0 Å². The van der Waals surface area contributed by atoms with Crippen LogP contribution in [0.1, 0.15) is 72.1 Å². The number of fused-ring (bicyclic) bond motifs is 1. The molecule has 224 valence electrons. The third-order valence-electron chi connectivity index (χ3n) is 7.82. The fraction of sp³-hybridized carbons (Fsp3) is 0.441. The van der Waals surface area contributed by atoms with Crippen LogP contribution < -0.4 is 0 Å². The van der Waals surface area contributed by atoms with Gasteiger partial charge in [0.25, 0.3) is 0 Å². The first-order chi connectivity index (χ1) is 20.3. The van der Waals surface area contributed by atoms with E-state index >= 15 is 0 Å². The lowest BCUT2D eigenvalue weighted by Gasteiger charge is -2.22. The summed E-state index contributed by atoms with van der Waals surface area (Å²) in [7, 11) is 2.11. The number of hydrogen-bond donors (Lipinski definition) is 1. The number of rotatable bonds is 15. The van der Waals surface area contributed by atoms with Crippen LogP contribution in [0.2, 0.25) is 0 Å². The minimum atomic E-state index is -0.600. The van der Waals surface area contributed by atoms with Gasteiger partial charge in [0.1, 0.15) is 5.52 Å². The molecule has 4 rings (SSSR count). The van der Waals surface area contributed by atoms with Crippen molar-refractivity contribution >= 4 is 17.0 Å². The molecule has 1 unspecified atom stereocenters. The molecule has 42 heavy (non-hydrogen) atoms. The first-order valence-corrected chi connectivity index (χ1v) is 14.9. The largest absolute Gasteiger partial charge is 0.466 e. The Morgan fingerprint density at radius 3 is 2.57 bits per heavy atom. The van der Waals surface area contributed by atoms with E-state index in [4.69, 9.17) is 9.47 Å². The topological polar surface area (TPSA) is 89.7 Å². The summed E-state index contributed by atoms with van der Waals surface area (Å²) in [6.45, 7) is 11.8. The maximum atomic E-state index is 12.7. The lowest BCUT2D eigenvalue weighted by molar-refractivity contribution is -0.143. The Hall–Kier alpha value is -3.59. The second-order valence-electron chi connectivity index (χ2n) is 11.0. The van der Waals surface area contributed by atoms with E-state index in [9.17, 15) is 9.90 Å². The van der Waals surface area contributed by atoms with E-state index in [-0.39, 0.29) is 18.3 Å². The summed E-state index contributed by atoms with van der Waals surface area (Å²) in [4.78, 5) is 15.0. The summed E-state index contributed by atoms with van der Waals surface area (Å²) in [6, 6.07) is 20.4. The molecule has 4 aromatic rings. The van der Waals surface area contributed by atoms with E-state index in [1.54, 1.807) is 6.92 Å². The number of aromatic nitrogens is 3. The number of ether oxygens (including phenoxy) is 2. The van der Waals surface area contributed by atoms with Crippen molar-refractivity contribution in [2.45, 2.75) is 65.7 Å². The smallest absolute Gasteiger partial charge is 0.306 e. The third kappa shape index (κ3) is 8.03. The fourth-order valence-corrected chi connectivity index (χ4v) is 5.42. The highest BCUT2D eigenvalue weighted by Gasteiger charge is 2.24. The van der Waals surface area contributed by atoms with Crippen LogP contribution in [0.3, 0.4) is 0 Å². The number of benzene rings is 3. The van der Waals surface area contributed by atoms with Gasteiger partial charge in [-0.05, 0) is 80.6 Å². The lowest BCUT2D eigenvalue weighted by Crippen LogP contribution is -2.25. The van der Waals surface area contributed by atoms with Crippen molar-refractivity contribution in [2.24, 2.45) is 0 Å². The van der Waals surface area contributed by atoms with E-state index in [2.05, 4.69) is 46.5 Å². The zero-order valence-corrected chi connectivity index (χ0v) is 25.5. The normalized spacial score (nSPS) is 13.0. The van der Waals surface area contributed by atoms with Crippen molar-refractivity contribution in [1.82, 2.24) is 19.9 Å². The summed E-state index contributed by atoms with van der Waals surface area (Å²) in [5, 5.41) is 19.3. The highest BCUT2D eigenvalue weighted by atomic mass is 16.5. The standard InChI is InChI=1S/C34H44N4O4/c1-6-42-33(40)22-31(28-14-13-24(2)30(21-28)26(4)39)29-15-16-32-34(25(29)3)35-36-38(32)19-18-37(5)17-10-20-41-23-27-11-8-7-9-12-27/h7-9,11-16,21,26,31,39H,6,10,17-20,22-23H2,1-5H3/t26-,31?/m0/s1. The molecular weight excluding hydrogens is 528 g/mol. The molecule has 8 nitrogen and oxygen atoms in total. The minimum absolute atomic E-state index is 0.205. The molecule has 0 bridgehead atoms. The van der Waals surface area contributed by atoms with Crippen LogP contribution in [0.5, 0.6) is 0 Å². The number of likely N-dealkylation sites (N-methyl/N-ethyl adjacent to an activating group) is 1. The fourth-order valence-electron chi connectivity index (χ4n) is 5.42. The van der Waals surface area contributed by atoms with Gasteiger partial charge in [0.05, 0.1) is 37.8 Å². The number of aliphatic hydroxyl groups is 1. The molecule has 0 fully saturated rings. The molecule has 0 spiro atoms. The molecule has 0 amide bonds. The van der Waals surface area contributed by atoms with Crippen molar-refractivity contribution in [2.75, 3.05) is 33.4 Å². The average molecular weight is 573 g/mol. The van der Waals surface area contributed by atoms with Gasteiger partial charge in [0.2, 0.25) is 0 Å². The summed E-state index contributed by atoms with van der Waals surface area (Å²) in [6.07, 6.45) is 0.564. The van der Waals surface area contributed by atoms with Gasteiger partial charge in [-0.25, -0.2) is 4.68 Å². The average Bonchev–Trinajstić information content (AvgIpc) is 3.40. The van der Waals surface area contributed by atoms with Crippen LogP contribution in [0.4, 0.5) is 0 Å². The Kier molecular flexibility index (Phi) is 11.2. The van der Waals surface area contributed by atoms with Crippen LogP contribution in [-0.4, -0.2) is 64.3 Å². The molecule has 0 saturated carbocycles. The molecule has 1 N–H and O–H groups in total. The predicted molar refractivity (Wildman–Crippen MR) is 165 cm³/mol. The Morgan fingerprint density at radius 1 is 1.05 bits per heavy atom. The Labute approximate surface area is 249 Å². The predicted octanol–water partition coefficient (Wildman–Crippen LogP) is 5.73. The second-order valence-corrected chi connectivity index (χ2v) is 11.0. The van der Waals surface area contributed by atoms with Crippen molar-refractivity contribution in [3.8, 4) is 0 Å². The maximum absolute atomic E-state index is 12.7. The Morgan fingerprint density at radius 2 is 1.83 bits per heavy atom. The zero-order valence-electron chi connectivity index (χ0n) is 25.5. The molecule has 0 aliphatic heterocycles. The summed E-state index contributed by atoms with van der Waals surface area (Å²) in [5.74, 6) is -0.481. The highest BCUT2D eigenvalue weighted by Crippen LogP contribution is 2.35. The van der Waals surface area contributed by atoms with Gasteiger partial charge in [0.15, 0.2) is 0 Å². The van der Waals surface area contributed by atoms with Crippen LogP contribution in [-0.2, 0) is 27.4 Å². The van der Waals surface area contributed by atoms with Crippen molar-refractivity contribution in [1.29, 1.82) is 0 Å². The monoisotopic (exact) mass is 572 g/mol. The molecule has 0 aliphatic rings. The molecule has 0 aliphatic carbocycles. The Balaban J connectivity index is 1.44. The summed E-state index contributed by atoms with van der Waals surface area (Å²) < 4.78 is 13.1.